The number of benzene rings is 3. The molecule has 0 atom stereocenters. The molecular weight excluding hydrogens is 472 g/mol. The average Bonchev–Trinajstić information content (AvgIpc) is 2.80. The van der Waals surface area contributed by atoms with Gasteiger partial charge in [-0.25, -0.2) is 8.42 Å². The topological polar surface area (TPSA) is 132 Å². The third-order valence-corrected chi connectivity index (χ3v) is 6.01. The molecule has 10 nitrogen and oxygen atoms in total. The van der Waals surface area contributed by atoms with Gasteiger partial charge in [0.15, 0.2) is 11.5 Å². The number of nitro groups is 1. The summed E-state index contributed by atoms with van der Waals surface area (Å²) in [7, 11) is -1.05. The summed E-state index contributed by atoms with van der Waals surface area (Å²) in [5, 5.41) is 16.0. The van der Waals surface area contributed by atoms with Crippen molar-refractivity contribution < 1.29 is 22.8 Å². The molecule has 33 heavy (non-hydrogen) atoms. The molecule has 0 amide bonds. The predicted octanol–water partition coefficient (Wildman–Crippen LogP) is 4.51. The number of methoxy groups -OCH3 is 2. The van der Waals surface area contributed by atoms with Crippen molar-refractivity contribution >= 4 is 44.9 Å². The number of hydrogen-bond acceptors (Lipinski definition) is 8. The molecule has 0 aromatic heterocycles. The van der Waals surface area contributed by atoms with Gasteiger partial charge in [0, 0.05) is 16.8 Å². The average molecular weight is 491 g/mol. The highest BCUT2D eigenvalue weighted by atomic mass is 35.5. The number of halogens is 1. The first-order chi connectivity index (χ1) is 15.7. The molecule has 0 heterocycles. The summed E-state index contributed by atoms with van der Waals surface area (Å²) in [6, 6.07) is 14.5. The molecule has 12 heteroatoms. The molecule has 3 aromatic carbocycles. The number of nitrogens with zero attached hydrogens (tertiary/aromatic N) is 2. The highest BCUT2D eigenvalue weighted by Gasteiger charge is 2.21. The molecule has 172 valence electrons. The molecule has 0 unspecified atom stereocenters. The lowest BCUT2D eigenvalue weighted by Gasteiger charge is -2.09. The SMILES string of the molecule is COc1ccc(C=NNc2ccc(S(=O)(=O)Nc3ccc(Cl)cc3)cc2[N+](=O)[O-])cc1OC. The molecule has 0 fully saturated rings. The summed E-state index contributed by atoms with van der Waals surface area (Å²) < 4.78 is 38.0. The number of sulfonamides is 1. The number of nitrogens with one attached hydrogen (secondary N) is 2. The fourth-order valence-corrected chi connectivity index (χ4v) is 3.97. The Hall–Kier alpha value is -3.83. The van der Waals surface area contributed by atoms with Gasteiger partial charge in [-0.2, -0.15) is 5.10 Å². The molecule has 3 aromatic rings. The summed E-state index contributed by atoms with van der Waals surface area (Å²) in [6.07, 6.45) is 1.43. The minimum absolute atomic E-state index is 0.0159. The van der Waals surface area contributed by atoms with E-state index in [2.05, 4.69) is 15.2 Å². The van der Waals surface area contributed by atoms with Crippen molar-refractivity contribution in [2.24, 2.45) is 5.10 Å². The highest BCUT2D eigenvalue weighted by Crippen LogP contribution is 2.29. The van der Waals surface area contributed by atoms with E-state index in [9.17, 15) is 18.5 Å². The van der Waals surface area contributed by atoms with Crippen LogP contribution in [0.5, 0.6) is 11.5 Å². The van der Waals surface area contributed by atoms with E-state index in [-0.39, 0.29) is 16.3 Å². The van der Waals surface area contributed by atoms with Crippen LogP contribution in [0.4, 0.5) is 17.1 Å². The zero-order valence-electron chi connectivity index (χ0n) is 17.5. The van der Waals surface area contributed by atoms with Crippen LogP contribution in [0, 0.1) is 10.1 Å². The van der Waals surface area contributed by atoms with E-state index in [1.807, 2.05) is 0 Å². The Morgan fingerprint density at radius 2 is 1.70 bits per heavy atom. The van der Waals surface area contributed by atoms with Crippen molar-refractivity contribution in [3.63, 3.8) is 0 Å². The summed E-state index contributed by atoms with van der Waals surface area (Å²) in [6.45, 7) is 0. The zero-order chi connectivity index (χ0) is 24.0. The first-order valence-corrected chi connectivity index (χ1v) is 11.2. The van der Waals surface area contributed by atoms with Crippen LogP contribution >= 0.6 is 11.6 Å². The van der Waals surface area contributed by atoms with E-state index in [1.54, 1.807) is 18.2 Å². The van der Waals surface area contributed by atoms with Gasteiger partial charge < -0.3 is 9.47 Å². The molecule has 3 rings (SSSR count). The number of ether oxygens (including phenoxy) is 2. The second-order valence-electron chi connectivity index (χ2n) is 6.53. The fourth-order valence-electron chi connectivity index (χ4n) is 2.77. The van der Waals surface area contributed by atoms with Gasteiger partial charge in [0.1, 0.15) is 5.69 Å². The number of hydrogen-bond donors (Lipinski definition) is 2. The number of nitro benzene ring substituents is 1. The van der Waals surface area contributed by atoms with Crippen LogP contribution in [-0.2, 0) is 10.0 Å². The summed E-state index contributed by atoms with van der Waals surface area (Å²) in [5.74, 6) is 1.04. The standard InChI is InChI=1S/C21H19ClN4O6S/c1-31-20-10-3-14(11-21(20)32-2)13-23-24-18-9-8-17(12-19(18)26(27)28)33(29,30)25-16-6-4-15(22)5-7-16/h3-13,24-25H,1-2H3. The lowest BCUT2D eigenvalue weighted by atomic mass is 10.2. The van der Waals surface area contributed by atoms with Crippen LogP contribution in [-0.4, -0.2) is 33.8 Å². The van der Waals surface area contributed by atoms with E-state index >= 15 is 0 Å². The molecule has 0 radical (unpaired) electrons. The zero-order valence-corrected chi connectivity index (χ0v) is 19.1. The second kappa shape index (κ2) is 10.2. The molecule has 0 bridgehead atoms. The van der Waals surface area contributed by atoms with Crippen LogP contribution < -0.4 is 19.6 Å². The van der Waals surface area contributed by atoms with Gasteiger partial charge in [0.2, 0.25) is 0 Å². The lowest BCUT2D eigenvalue weighted by Crippen LogP contribution is -2.13. The Bertz CT molecular complexity index is 1300. The molecule has 2 N–H and O–H groups in total. The van der Waals surface area contributed by atoms with Crippen LogP contribution in [0.15, 0.2) is 70.7 Å². The molecule has 0 saturated heterocycles. The predicted molar refractivity (Wildman–Crippen MR) is 126 cm³/mol. The van der Waals surface area contributed by atoms with Crippen molar-refractivity contribution in [3.05, 3.63) is 81.4 Å². The largest absolute Gasteiger partial charge is 0.493 e. The maximum Gasteiger partial charge on any atom is 0.295 e. The van der Waals surface area contributed by atoms with Gasteiger partial charge in [-0.05, 0) is 60.2 Å². The number of rotatable bonds is 9. The summed E-state index contributed by atoms with van der Waals surface area (Å²) in [4.78, 5) is 10.6. The molecule has 0 aliphatic heterocycles. The van der Waals surface area contributed by atoms with Gasteiger partial charge in [0.25, 0.3) is 15.7 Å². The first kappa shape index (κ1) is 23.8. The molecule has 0 aliphatic rings. The van der Waals surface area contributed by atoms with Crippen molar-refractivity contribution in [1.29, 1.82) is 0 Å². The smallest absolute Gasteiger partial charge is 0.295 e. The number of anilines is 2. The Kier molecular flexibility index (Phi) is 7.36. The quantitative estimate of drug-likeness (QED) is 0.256. The minimum Gasteiger partial charge on any atom is -0.493 e. The van der Waals surface area contributed by atoms with E-state index < -0.39 is 20.6 Å². The maximum absolute atomic E-state index is 12.6. The molecular formula is C21H19ClN4O6S. The van der Waals surface area contributed by atoms with E-state index in [0.29, 0.717) is 22.1 Å². The monoisotopic (exact) mass is 490 g/mol. The van der Waals surface area contributed by atoms with Crippen molar-refractivity contribution in [2.75, 3.05) is 24.4 Å². The molecule has 0 spiro atoms. The van der Waals surface area contributed by atoms with Gasteiger partial charge in [-0.15, -0.1) is 0 Å². The Morgan fingerprint density at radius 3 is 2.33 bits per heavy atom. The van der Waals surface area contributed by atoms with Crippen molar-refractivity contribution in [3.8, 4) is 11.5 Å². The third-order valence-electron chi connectivity index (χ3n) is 4.38. The van der Waals surface area contributed by atoms with Crippen molar-refractivity contribution in [1.82, 2.24) is 0 Å². The Morgan fingerprint density at radius 1 is 1.00 bits per heavy atom. The Balaban J connectivity index is 1.82. The van der Waals surface area contributed by atoms with Gasteiger partial charge in [-0.1, -0.05) is 11.6 Å². The Labute approximate surface area is 195 Å². The fraction of sp³-hybridized carbons (Fsp3) is 0.0952. The van der Waals surface area contributed by atoms with E-state index in [0.717, 1.165) is 6.07 Å². The first-order valence-electron chi connectivity index (χ1n) is 9.31. The van der Waals surface area contributed by atoms with Gasteiger partial charge in [0.05, 0.1) is 30.3 Å². The summed E-state index contributed by atoms with van der Waals surface area (Å²) >= 11 is 5.80. The van der Waals surface area contributed by atoms with E-state index in [1.165, 1.54) is 56.8 Å². The van der Waals surface area contributed by atoms with Crippen LogP contribution in [0.3, 0.4) is 0 Å². The minimum atomic E-state index is -4.07. The van der Waals surface area contributed by atoms with Gasteiger partial charge in [-0.3, -0.25) is 20.3 Å². The highest BCUT2D eigenvalue weighted by molar-refractivity contribution is 7.92. The van der Waals surface area contributed by atoms with Crippen LogP contribution in [0.2, 0.25) is 5.02 Å². The maximum atomic E-state index is 12.6. The van der Waals surface area contributed by atoms with Crippen LogP contribution in [0.25, 0.3) is 0 Å². The second-order valence-corrected chi connectivity index (χ2v) is 8.65. The van der Waals surface area contributed by atoms with Gasteiger partial charge >= 0.3 is 0 Å². The molecule has 0 saturated carbocycles. The normalized spacial score (nSPS) is 11.2. The third kappa shape index (κ3) is 5.90. The summed E-state index contributed by atoms with van der Waals surface area (Å²) in [5.41, 5.74) is 3.04. The van der Waals surface area contributed by atoms with Crippen LogP contribution in [0.1, 0.15) is 5.56 Å². The van der Waals surface area contributed by atoms with E-state index in [4.69, 9.17) is 21.1 Å². The number of hydrazone groups is 1. The lowest BCUT2D eigenvalue weighted by molar-refractivity contribution is -0.384. The van der Waals surface area contributed by atoms with Crippen molar-refractivity contribution in [2.45, 2.75) is 4.90 Å². The molecule has 0 aliphatic carbocycles.